The van der Waals surface area contributed by atoms with Crippen molar-refractivity contribution in [2.75, 3.05) is 0 Å². The molecule has 0 aliphatic carbocycles. The first-order valence-corrected chi connectivity index (χ1v) is 7.09. The Balaban J connectivity index is 2.44. The second-order valence-electron chi connectivity index (χ2n) is 3.51. The van der Waals surface area contributed by atoms with Crippen LogP contribution in [0.25, 0.3) is 0 Å². The van der Waals surface area contributed by atoms with Gasteiger partial charge in [-0.25, -0.2) is 13.4 Å². The van der Waals surface area contributed by atoms with Gasteiger partial charge in [0.25, 0.3) is 9.05 Å². The van der Waals surface area contributed by atoms with Gasteiger partial charge in [0, 0.05) is 17.7 Å². The van der Waals surface area contributed by atoms with Crippen LogP contribution < -0.4 is 0 Å². The van der Waals surface area contributed by atoms with Crippen LogP contribution in [0.3, 0.4) is 0 Å². The third-order valence-electron chi connectivity index (χ3n) is 2.25. The minimum Gasteiger partial charge on any atom is -0.358 e. The molecule has 19 heavy (non-hydrogen) atoms. The predicted molar refractivity (Wildman–Crippen MR) is 62.0 cm³/mol. The van der Waals surface area contributed by atoms with Crippen LogP contribution in [0.15, 0.2) is 17.4 Å². The average molecular weight is 307 g/mol. The molecule has 0 bridgehead atoms. The minimum atomic E-state index is -4.24. The number of halogens is 1. The van der Waals surface area contributed by atoms with Crippen molar-refractivity contribution in [2.24, 2.45) is 7.05 Å². The normalized spacial score (nSPS) is 11.7. The summed E-state index contributed by atoms with van der Waals surface area (Å²) in [6.07, 6.45) is 2.28. The molecule has 0 saturated heterocycles. The van der Waals surface area contributed by atoms with Gasteiger partial charge >= 0.3 is 5.82 Å². The summed E-state index contributed by atoms with van der Waals surface area (Å²) in [6, 6.07) is 0. The first kappa shape index (κ1) is 13.4. The van der Waals surface area contributed by atoms with Gasteiger partial charge in [-0.05, 0) is 4.92 Å². The molecule has 102 valence electrons. The summed E-state index contributed by atoms with van der Waals surface area (Å²) in [5.41, 5.74) is 0. The van der Waals surface area contributed by atoms with E-state index in [1.54, 1.807) is 7.05 Å². The highest BCUT2D eigenvalue weighted by atomic mass is 35.7. The van der Waals surface area contributed by atoms with Gasteiger partial charge in [-0.15, -0.1) is 0 Å². The van der Waals surface area contributed by atoms with E-state index in [-0.39, 0.29) is 6.54 Å². The maximum atomic E-state index is 11.2. The van der Waals surface area contributed by atoms with Gasteiger partial charge in [-0.2, -0.15) is 9.78 Å². The fourth-order valence-electron chi connectivity index (χ4n) is 1.38. The van der Waals surface area contributed by atoms with E-state index in [1.807, 2.05) is 0 Å². The molecule has 2 aromatic heterocycles. The van der Waals surface area contributed by atoms with Crippen LogP contribution in [0.4, 0.5) is 5.82 Å². The summed E-state index contributed by atoms with van der Waals surface area (Å²) in [6.45, 7) is 0.0315. The summed E-state index contributed by atoms with van der Waals surface area (Å²) in [4.78, 5) is 13.1. The van der Waals surface area contributed by atoms with Crippen LogP contribution in [0.5, 0.6) is 0 Å². The molecule has 2 heterocycles. The van der Waals surface area contributed by atoms with Gasteiger partial charge in [0.2, 0.25) is 4.90 Å². The Kier molecular flexibility index (Phi) is 3.24. The van der Waals surface area contributed by atoms with Gasteiger partial charge in [-0.3, -0.25) is 4.68 Å². The monoisotopic (exact) mass is 306 g/mol. The van der Waals surface area contributed by atoms with E-state index in [2.05, 4.69) is 15.2 Å². The maximum absolute atomic E-state index is 11.2. The highest BCUT2D eigenvalue weighted by Gasteiger charge is 2.30. The van der Waals surface area contributed by atoms with Crippen molar-refractivity contribution >= 4 is 25.6 Å². The molecule has 0 atom stereocenters. The van der Waals surface area contributed by atoms with Gasteiger partial charge in [-0.1, -0.05) is 0 Å². The molecule has 0 saturated carbocycles. The Morgan fingerprint density at radius 3 is 2.63 bits per heavy atom. The molecule has 10 nitrogen and oxygen atoms in total. The first-order valence-electron chi connectivity index (χ1n) is 4.78. The second kappa shape index (κ2) is 4.59. The average Bonchev–Trinajstić information content (AvgIpc) is 2.86. The lowest BCUT2D eigenvalue weighted by Crippen LogP contribution is -2.07. The van der Waals surface area contributed by atoms with Crippen molar-refractivity contribution in [3.05, 3.63) is 28.5 Å². The van der Waals surface area contributed by atoms with E-state index in [4.69, 9.17) is 10.7 Å². The molecule has 0 unspecified atom stereocenters. The van der Waals surface area contributed by atoms with Crippen LogP contribution in [0.2, 0.25) is 0 Å². The first-order chi connectivity index (χ1) is 8.79. The van der Waals surface area contributed by atoms with E-state index in [9.17, 15) is 18.5 Å². The smallest absolute Gasteiger partial charge is 0.358 e. The minimum absolute atomic E-state index is 0.0315. The lowest BCUT2D eigenvalue weighted by atomic mass is 10.6. The van der Waals surface area contributed by atoms with Crippen LogP contribution in [0, 0.1) is 10.1 Å². The SMILES string of the molecule is Cn1ncnc1Cn1cc(S(=O)(=O)Cl)c([N+](=O)[O-])n1. The maximum Gasteiger partial charge on any atom is 0.410 e. The molecular weight excluding hydrogens is 300 g/mol. The molecule has 2 aromatic rings. The number of aromatic nitrogens is 5. The number of hydrogen-bond donors (Lipinski definition) is 0. The van der Waals surface area contributed by atoms with E-state index < -0.39 is 24.7 Å². The number of nitrogens with zero attached hydrogens (tertiary/aromatic N) is 6. The van der Waals surface area contributed by atoms with E-state index in [1.165, 1.54) is 11.0 Å². The molecule has 0 N–H and O–H groups in total. The zero-order valence-corrected chi connectivity index (χ0v) is 11.0. The van der Waals surface area contributed by atoms with Crippen molar-refractivity contribution in [1.82, 2.24) is 24.5 Å². The standard InChI is InChI=1S/C7H7ClN6O4S/c1-12-6(9-4-10-12)3-13-2-5(19(8,17)18)7(11-13)14(15)16/h2,4H,3H2,1H3. The van der Waals surface area contributed by atoms with Crippen molar-refractivity contribution in [2.45, 2.75) is 11.4 Å². The zero-order chi connectivity index (χ0) is 14.2. The molecule has 2 rings (SSSR count). The molecule has 12 heteroatoms. The number of rotatable bonds is 4. The van der Waals surface area contributed by atoms with Crippen molar-refractivity contribution < 1.29 is 13.3 Å². The second-order valence-corrected chi connectivity index (χ2v) is 6.04. The topological polar surface area (TPSA) is 126 Å². The number of nitro groups is 1. The van der Waals surface area contributed by atoms with E-state index >= 15 is 0 Å². The van der Waals surface area contributed by atoms with E-state index in [0.29, 0.717) is 5.82 Å². The van der Waals surface area contributed by atoms with Gasteiger partial charge in [0.15, 0.2) is 0 Å². The molecule has 0 amide bonds. The molecule has 0 radical (unpaired) electrons. The highest BCUT2D eigenvalue weighted by molar-refractivity contribution is 8.13. The Labute approximate surface area is 111 Å². The molecule has 0 spiro atoms. The number of hydrogen-bond acceptors (Lipinski definition) is 7. The lowest BCUT2D eigenvalue weighted by molar-refractivity contribution is -0.392. The van der Waals surface area contributed by atoms with Gasteiger partial charge < -0.3 is 10.1 Å². The largest absolute Gasteiger partial charge is 0.410 e. The molecule has 0 aliphatic rings. The van der Waals surface area contributed by atoms with Gasteiger partial charge in [0.1, 0.15) is 18.7 Å². The highest BCUT2D eigenvalue weighted by Crippen LogP contribution is 2.25. The van der Waals surface area contributed by atoms with Crippen LogP contribution in [0.1, 0.15) is 5.82 Å². The third kappa shape index (κ3) is 2.71. The van der Waals surface area contributed by atoms with Crippen LogP contribution >= 0.6 is 10.7 Å². The number of aryl methyl sites for hydroxylation is 1. The molecule has 0 aromatic carbocycles. The van der Waals surface area contributed by atoms with Crippen molar-refractivity contribution in [1.29, 1.82) is 0 Å². The van der Waals surface area contributed by atoms with Gasteiger partial charge in [0.05, 0.1) is 11.3 Å². The van der Waals surface area contributed by atoms with E-state index in [0.717, 1.165) is 10.9 Å². The quantitative estimate of drug-likeness (QED) is 0.438. The van der Waals surface area contributed by atoms with Crippen molar-refractivity contribution in [3.8, 4) is 0 Å². The summed E-state index contributed by atoms with van der Waals surface area (Å²) < 4.78 is 24.9. The fraction of sp³-hybridized carbons (Fsp3) is 0.286. The Hall–Kier alpha value is -2.01. The predicted octanol–water partition coefficient (Wildman–Crippen LogP) is -0.104. The molecule has 0 aliphatic heterocycles. The summed E-state index contributed by atoms with van der Waals surface area (Å²) in [5, 5.41) is 18.1. The van der Waals surface area contributed by atoms with Crippen LogP contribution in [-0.2, 0) is 22.6 Å². The zero-order valence-electron chi connectivity index (χ0n) is 9.46. The molecular formula is C7H7ClN6O4S. The summed E-state index contributed by atoms with van der Waals surface area (Å²) >= 11 is 0. The summed E-state index contributed by atoms with van der Waals surface area (Å²) in [5.74, 6) is -0.368. The Bertz CT molecular complexity index is 735. The lowest BCUT2D eigenvalue weighted by Gasteiger charge is -1.96. The third-order valence-corrected chi connectivity index (χ3v) is 3.57. The summed E-state index contributed by atoms with van der Waals surface area (Å²) in [7, 11) is 2.50. The Morgan fingerprint density at radius 1 is 1.53 bits per heavy atom. The van der Waals surface area contributed by atoms with Crippen LogP contribution in [-0.4, -0.2) is 37.9 Å². The Morgan fingerprint density at radius 2 is 2.21 bits per heavy atom. The fourth-order valence-corrected chi connectivity index (χ4v) is 2.29. The molecule has 0 fully saturated rings. The van der Waals surface area contributed by atoms with Crippen molar-refractivity contribution in [3.63, 3.8) is 0 Å².